The fraction of sp³-hybridized carbons (Fsp3) is 0.357. The van der Waals surface area contributed by atoms with E-state index in [-0.39, 0.29) is 0 Å². The number of nitrogens with zero attached hydrogens (tertiary/aromatic N) is 2. The molecule has 0 fully saturated rings. The molecule has 1 aromatic carbocycles. The van der Waals surface area contributed by atoms with Crippen LogP contribution in [0.1, 0.15) is 18.1 Å². The van der Waals surface area contributed by atoms with Crippen molar-refractivity contribution in [1.82, 2.24) is 9.55 Å². The Morgan fingerprint density at radius 3 is 2.71 bits per heavy atom. The Balaban J connectivity index is 2.66. The number of hydrogen-bond donors (Lipinski definition) is 1. The fourth-order valence-corrected chi connectivity index (χ4v) is 1.99. The van der Waals surface area contributed by atoms with E-state index in [9.17, 15) is 0 Å². The van der Waals surface area contributed by atoms with Gasteiger partial charge in [-0.25, -0.2) is 4.98 Å². The summed E-state index contributed by atoms with van der Waals surface area (Å²) >= 11 is 0. The molecule has 0 spiro atoms. The molecule has 0 radical (unpaired) electrons. The average Bonchev–Trinajstić information content (AvgIpc) is 2.59. The molecule has 0 amide bonds. The second-order valence-corrected chi connectivity index (χ2v) is 4.29. The van der Waals surface area contributed by atoms with Crippen LogP contribution in [0.2, 0.25) is 0 Å². The smallest absolute Gasteiger partial charge is 0.204 e. The second-order valence-electron chi connectivity index (χ2n) is 4.29. The van der Waals surface area contributed by atoms with Crippen LogP contribution >= 0.6 is 0 Å². The molecule has 0 aliphatic rings. The maximum atomic E-state index is 4.63. The number of fused-ring (bicyclic) bond motifs is 1. The summed E-state index contributed by atoms with van der Waals surface area (Å²) in [6.07, 6.45) is 1.90. The molecule has 2 aromatic rings. The highest BCUT2D eigenvalue weighted by molar-refractivity contribution is 5.80. The minimum Gasteiger partial charge on any atom is -0.356 e. The highest BCUT2D eigenvalue weighted by atomic mass is 15.2. The second kappa shape index (κ2) is 4.62. The zero-order chi connectivity index (χ0) is 12.4. The van der Waals surface area contributed by atoms with Crippen LogP contribution in [0.25, 0.3) is 11.0 Å². The van der Waals surface area contributed by atoms with E-state index in [0.717, 1.165) is 24.6 Å². The van der Waals surface area contributed by atoms with Crippen molar-refractivity contribution in [3.8, 4) is 0 Å². The van der Waals surface area contributed by atoms with Crippen LogP contribution in [0.5, 0.6) is 0 Å². The molecule has 2 rings (SSSR count). The molecule has 17 heavy (non-hydrogen) atoms. The zero-order valence-corrected chi connectivity index (χ0v) is 10.7. The Hall–Kier alpha value is -1.77. The van der Waals surface area contributed by atoms with Crippen molar-refractivity contribution >= 4 is 17.0 Å². The van der Waals surface area contributed by atoms with E-state index >= 15 is 0 Å². The van der Waals surface area contributed by atoms with E-state index in [1.165, 1.54) is 16.6 Å². The van der Waals surface area contributed by atoms with Gasteiger partial charge in [-0.15, -0.1) is 6.58 Å². The van der Waals surface area contributed by atoms with E-state index in [0.29, 0.717) is 0 Å². The van der Waals surface area contributed by atoms with E-state index in [4.69, 9.17) is 0 Å². The number of anilines is 1. The molecule has 3 nitrogen and oxygen atoms in total. The lowest BCUT2D eigenvalue weighted by Crippen LogP contribution is -2.06. The number of aryl methyl sites for hydroxylation is 2. The summed E-state index contributed by atoms with van der Waals surface area (Å²) in [6.45, 7) is 11.8. The van der Waals surface area contributed by atoms with Gasteiger partial charge in [-0.1, -0.05) is 6.08 Å². The van der Waals surface area contributed by atoms with Crippen LogP contribution in [0.3, 0.4) is 0 Å². The van der Waals surface area contributed by atoms with Gasteiger partial charge in [-0.2, -0.15) is 0 Å². The number of nitrogens with one attached hydrogen (secondary N) is 1. The molecule has 0 bridgehead atoms. The van der Waals surface area contributed by atoms with Crippen LogP contribution in [-0.4, -0.2) is 16.1 Å². The fourth-order valence-electron chi connectivity index (χ4n) is 1.99. The Labute approximate surface area is 102 Å². The normalized spacial score (nSPS) is 10.8. The molecule has 1 heterocycles. The minimum atomic E-state index is 0.779. The standard InChI is InChI=1S/C14H19N3/c1-5-7-17-13-9-11(4)10(3)8-12(13)16-14(17)15-6-2/h5,8-9H,1,6-7H2,2-4H3,(H,15,16). The molecular formula is C14H19N3. The van der Waals surface area contributed by atoms with Gasteiger partial charge in [0.15, 0.2) is 0 Å². The van der Waals surface area contributed by atoms with Gasteiger partial charge in [-0.05, 0) is 44.0 Å². The maximum absolute atomic E-state index is 4.63. The summed E-state index contributed by atoms with van der Waals surface area (Å²) in [4.78, 5) is 4.63. The van der Waals surface area contributed by atoms with Crippen molar-refractivity contribution < 1.29 is 0 Å². The Morgan fingerprint density at radius 1 is 1.35 bits per heavy atom. The number of imidazole rings is 1. The van der Waals surface area contributed by atoms with Crippen LogP contribution in [0, 0.1) is 13.8 Å². The molecule has 0 unspecified atom stereocenters. The summed E-state index contributed by atoms with van der Waals surface area (Å²) in [6, 6.07) is 4.34. The molecule has 1 N–H and O–H groups in total. The first-order valence-electron chi connectivity index (χ1n) is 5.99. The predicted molar refractivity (Wildman–Crippen MR) is 73.6 cm³/mol. The molecule has 0 aliphatic heterocycles. The predicted octanol–water partition coefficient (Wildman–Crippen LogP) is 3.27. The number of allylic oxidation sites excluding steroid dienone is 1. The molecule has 0 saturated heterocycles. The number of hydrogen-bond acceptors (Lipinski definition) is 2. The van der Waals surface area contributed by atoms with Crippen LogP contribution in [0.4, 0.5) is 5.95 Å². The summed E-state index contributed by atoms with van der Waals surface area (Å²) < 4.78 is 2.16. The van der Waals surface area contributed by atoms with Crippen molar-refractivity contribution in [2.75, 3.05) is 11.9 Å². The van der Waals surface area contributed by atoms with Gasteiger partial charge in [0.1, 0.15) is 0 Å². The molecule has 90 valence electrons. The molecular weight excluding hydrogens is 210 g/mol. The number of benzene rings is 1. The van der Waals surface area contributed by atoms with Crippen LogP contribution < -0.4 is 5.32 Å². The van der Waals surface area contributed by atoms with Crippen molar-refractivity contribution in [3.63, 3.8) is 0 Å². The Bertz CT molecular complexity index is 552. The monoisotopic (exact) mass is 229 g/mol. The first kappa shape index (κ1) is 11.7. The van der Waals surface area contributed by atoms with Gasteiger partial charge in [-0.3, -0.25) is 0 Å². The van der Waals surface area contributed by atoms with Crippen molar-refractivity contribution in [2.45, 2.75) is 27.3 Å². The lowest BCUT2D eigenvalue weighted by molar-refractivity contribution is 0.850. The van der Waals surface area contributed by atoms with Crippen LogP contribution in [0.15, 0.2) is 24.8 Å². The highest BCUT2D eigenvalue weighted by Gasteiger charge is 2.10. The van der Waals surface area contributed by atoms with Gasteiger partial charge < -0.3 is 9.88 Å². The van der Waals surface area contributed by atoms with Gasteiger partial charge in [0, 0.05) is 13.1 Å². The zero-order valence-electron chi connectivity index (χ0n) is 10.7. The third kappa shape index (κ3) is 2.05. The van der Waals surface area contributed by atoms with Gasteiger partial charge in [0.2, 0.25) is 5.95 Å². The molecule has 3 heteroatoms. The average molecular weight is 229 g/mol. The van der Waals surface area contributed by atoms with Crippen molar-refractivity contribution in [2.24, 2.45) is 0 Å². The number of aromatic nitrogens is 2. The summed E-state index contributed by atoms with van der Waals surface area (Å²) in [5.41, 5.74) is 4.80. The SMILES string of the molecule is C=CCn1c(NCC)nc2cc(C)c(C)cc21. The first-order chi connectivity index (χ1) is 8.17. The molecule has 0 aliphatic carbocycles. The summed E-state index contributed by atoms with van der Waals surface area (Å²) in [5, 5.41) is 3.29. The molecule has 1 aromatic heterocycles. The van der Waals surface area contributed by atoms with Gasteiger partial charge >= 0.3 is 0 Å². The maximum Gasteiger partial charge on any atom is 0.204 e. The largest absolute Gasteiger partial charge is 0.356 e. The first-order valence-corrected chi connectivity index (χ1v) is 5.99. The third-order valence-electron chi connectivity index (χ3n) is 3.01. The van der Waals surface area contributed by atoms with Crippen molar-refractivity contribution in [3.05, 3.63) is 35.9 Å². The van der Waals surface area contributed by atoms with E-state index in [1.54, 1.807) is 0 Å². The minimum absolute atomic E-state index is 0.779. The summed E-state index contributed by atoms with van der Waals surface area (Å²) in [7, 11) is 0. The van der Waals surface area contributed by atoms with E-state index in [2.05, 4.69) is 54.4 Å². The lowest BCUT2D eigenvalue weighted by Gasteiger charge is -2.07. The third-order valence-corrected chi connectivity index (χ3v) is 3.01. The Kier molecular flexibility index (Phi) is 3.18. The lowest BCUT2D eigenvalue weighted by atomic mass is 10.1. The van der Waals surface area contributed by atoms with Crippen LogP contribution in [-0.2, 0) is 6.54 Å². The van der Waals surface area contributed by atoms with Gasteiger partial charge in [0.25, 0.3) is 0 Å². The van der Waals surface area contributed by atoms with E-state index in [1.807, 2.05) is 6.08 Å². The highest BCUT2D eigenvalue weighted by Crippen LogP contribution is 2.23. The molecule has 0 atom stereocenters. The quantitative estimate of drug-likeness (QED) is 0.815. The Morgan fingerprint density at radius 2 is 2.06 bits per heavy atom. The van der Waals surface area contributed by atoms with E-state index < -0.39 is 0 Å². The molecule has 0 saturated carbocycles. The van der Waals surface area contributed by atoms with Gasteiger partial charge in [0.05, 0.1) is 11.0 Å². The topological polar surface area (TPSA) is 29.9 Å². The summed E-state index contributed by atoms with van der Waals surface area (Å²) in [5.74, 6) is 0.924. The number of rotatable bonds is 4. The van der Waals surface area contributed by atoms with Crippen molar-refractivity contribution in [1.29, 1.82) is 0 Å².